The maximum atomic E-state index is 3.62. The fraction of sp³-hybridized carbons (Fsp3) is 0.800. The lowest BCUT2D eigenvalue weighted by molar-refractivity contribution is 0.407. The molecule has 1 fully saturated rings. The summed E-state index contributed by atoms with van der Waals surface area (Å²) in [6.45, 7) is 1.23. The van der Waals surface area contributed by atoms with E-state index < -0.39 is 0 Å². The predicted octanol–water partition coefficient (Wildman–Crippen LogP) is 2.40. The molecule has 1 saturated heterocycles. The standard InChI is InChI=1S/C10H17NS/c1-2-5-9(6-3-1)10-11-7-4-8-12-10/h1-2,9-11H,3-8H2. The van der Waals surface area contributed by atoms with E-state index in [1.165, 1.54) is 38.0 Å². The van der Waals surface area contributed by atoms with E-state index in [1.54, 1.807) is 0 Å². The lowest BCUT2D eigenvalue weighted by Crippen LogP contribution is -2.38. The Morgan fingerprint density at radius 3 is 3.00 bits per heavy atom. The average Bonchev–Trinajstić information content (AvgIpc) is 2.21. The first-order valence-corrected chi connectivity index (χ1v) is 6.02. The third-order valence-electron chi connectivity index (χ3n) is 2.70. The van der Waals surface area contributed by atoms with E-state index in [1.807, 2.05) is 0 Å². The molecular weight excluding hydrogens is 166 g/mol. The Balaban J connectivity index is 1.85. The maximum Gasteiger partial charge on any atom is 0.0563 e. The van der Waals surface area contributed by atoms with E-state index in [4.69, 9.17) is 0 Å². The molecule has 1 heterocycles. The minimum absolute atomic E-state index is 0.753. The van der Waals surface area contributed by atoms with Crippen LogP contribution in [0.2, 0.25) is 0 Å². The van der Waals surface area contributed by atoms with Gasteiger partial charge in [0.2, 0.25) is 0 Å². The van der Waals surface area contributed by atoms with Gasteiger partial charge in [-0.15, -0.1) is 11.8 Å². The number of hydrogen-bond acceptors (Lipinski definition) is 2. The van der Waals surface area contributed by atoms with Gasteiger partial charge in [0, 0.05) is 0 Å². The number of nitrogens with one attached hydrogen (secondary N) is 1. The molecule has 0 amide bonds. The van der Waals surface area contributed by atoms with Gasteiger partial charge in [0.25, 0.3) is 0 Å². The Bertz CT molecular complexity index is 161. The van der Waals surface area contributed by atoms with Crippen LogP contribution in [-0.4, -0.2) is 17.7 Å². The lowest BCUT2D eigenvalue weighted by atomic mass is 9.94. The molecule has 0 bridgehead atoms. The van der Waals surface area contributed by atoms with Crippen molar-refractivity contribution >= 4 is 11.8 Å². The summed E-state index contributed by atoms with van der Waals surface area (Å²) in [6.07, 6.45) is 10.0. The molecular formula is C10H17NS. The van der Waals surface area contributed by atoms with Crippen LogP contribution in [0.25, 0.3) is 0 Å². The van der Waals surface area contributed by atoms with Crippen molar-refractivity contribution in [2.45, 2.75) is 31.1 Å². The molecule has 1 N–H and O–H groups in total. The highest BCUT2D eigenvalue weighted by Crippen LogP contribution is 2.29. The Labute approximate surface area is 79.0 Å². The first-order chi connectivity index (χ1) is 5.97. The van der Waals surface area contributed by atoms with Crippen molar-refractivity contribution in [2.24, 2.45) is 5.92 Å². The van der Waals surface area contributed by atoms with E-state index in [2.05, 4.69) is 29.2 Å². The zero-order valence-corrected chi connectivity index (χ0v) is 8.28. The van der Waals surface area contributed by atoms with Crippen LogP contribution in [0.15, 0.2) is 12.2 Å². The highest BCUT2D eigenvalue weighted by Gasteiger charge is 2.23. The van der Waals surface area contributed by atoms with Crippen LogP contribution in [0.1, 0.15) is 25.7 Å². The van der Waals surface area contributed by atoms with E-state index in [-0.39, 0.29) is 0 Å². The second kappa shape index (κ2) is 4.33. The topological polar surface area (TPSA) is 12.0 Å². The summed E-state index contributed by atoms with van der Waals surface area (Å²) in [7, 11) is 0. The summed E-state index contributed by atoms with van der Waals surface area (Å²) in [4.78, 5) is 0. The number of thioether (sulfide) groups is 1. The predicted molar refractivity (Wildman–Crippen MR) is 55.3 cm³/mol. The molecule has 0 saturated carbocycles. The van der Waals surface area contributed by atoms with Gasteiger partial charge in [-0.25, -0.2) is 0 Å². The van der Waals surface area contributed by atoms with Crippen molar-refractivity contribution in [3.05, 3.63) is 12.2 Å². The van der Waals surface area contributed by atoms with Gasteiger partial charge in [-0.05, 0) is 43.9 Å². The molecule has 1 nitrogen and oxygen atoms in total. The lowest BCUT2D eigenvalue weighted by Gasteiger charge is -2.31. The molecule has 2 unspecified atom stereocenters. The molecule has 0 aromatic carbocycles. The zero-order valence-electron chi connectivity index (χ0n) is 7.46. The van der Waals surface area contributed by atoms with Crippen LogP contribution >= 0.6 is 11.8 Å². The zero-order chi connectivity index (χ0) is 8.23. The Kier molecular flexibility index (Phi) is 3.12. The summed E-state index contributed by atoms with van der Waals surface area (Å²) >= 11 is 2.12. The number of allylic oxidation sites excluding steroid dienone is 2. The van der Waals surface area contributed by atoms with Gasteiger partial charge in [0.05, 0.1) is 5.37 Å². The molecule has 2 atom stereocenters. The van der Waals surface area contributed by atoms with Gasteiger partial charge < -0.3 is 5.32 Å². The summed E-state index contributed by atoms with van der Waals surface area (Å²) < 4.78 is 0. The van der Waals surface area contributed by atoms with Crippen LogP contribution in [0.3, 0.4) is 0 Å². The molecule has 68 valence electrons. The molecule has 1 aliphatic heterocycles. The smallest absolute Gasteiger partial charge is 0.0563 e. The summed E-state index contributed by atoms with van der Waals surface area (Å²) in [5.74, 6) is 2.26. The van der Waals surface area contributed by atoms with Crippen LogP contribution in [0, 0.1) is 5.92 Å². The molecule has 0 spiro atoms. The second-order valence-corrected chi connectivity index (χ2v) is 4.89. The normalized spacial score (nSPS) is 36.7. The molecule has 0 aromatic rings. The van der Waals surface area contributed by atoms with Crippen LogP contribution in [0.4, 0.5) is 0 Å². The highest BCUT2D eigenvalue weighted by molar-refractivity contribution is 7.99. The largest absolute Gasteiger partial charge is 0.305 e. The summed E-state index contributed by atoms with van der Waals surface area (Å²) in [6, 6.07) is 0. The Hall–Kier alpha value is 0.0500. The molecule has 2 aliphatic rings. The van der Waals surface area contributed by atoms with Gasteiger partial charge in [-0.2, -0.15) is 0 Å². The molecule has 0 radical (unpaired) electrons. The molecule has 0 aromatic heterocycles. The minimum Gasteiger partial charge on any atom is -0.305 e. The van der Waals surface area contributed by atoms with Crippen LogP contribution in [0.5, 0.6) is 0 Å². The number of rotatable bonds is 1. The van der Waals surface area contributed by atoms with E-state index >= 15 is 0 Å². The maximum absolute atomic E-state index is 3.62. The second-order valence-electron chi connectivity index (χ2n) is 3.64. The third-order valence-corrected chi connectivity index (χ3v) is 4.14. The fourth-order valence-corrected chi connectivity index (χ4v) is 3.30. The quantitative estimate of drug-likeness (QED) is 0.626. The van der Waals surface area contributed by atoms with Crippen molar-refractivity contribution in [3.8, 4) is 0 Å². The summed E-state index contributed by atoms with van der Waals surface area (Å²) in [5, 5.41) is 4.37. The van der Waals surface area contributed by atoms with Crippen LogP contribution in [-0.2, 0) is 0 Å². The Morgan fingerprint density at radius 2 is 2.33 bits per heavy atom. The van der Waals surface area contributed by atoms with Gasteiger partial charge in [-0.1, -0.05) is 12.2 Å². The van der Waals surface area contributed by atoms with Crippen molar-refractivity contribution in [3.63, 3.8) is 0 Å². The van der Waals surface area contributed by atoms with Crippen molar-refractivity contribution in [1.29, 1.82) is 0 Å². The van der Waals surface area contributed by atoms with E-state index in [0.717, 1.165) is 11.3 Å². The number of hydrogen-bond donors (Lipinski definition) is 1. The summed E-state index contributed by atoms with van der Waals surface area (Å²) in [5.41, 5.74) is 0. The monoisotopic (exact) mass is 183 g/mol. The van der Waals surface area contributed by atoms with Gasteiger partial charge in [0.1, 0.15) is 0 Å². The van der Waals surface area contributed by atoms with Gasteiger partial charge >= 0.3 is 0 Å². The van der Waals surface area contributed by atoms with E-state index in [0.29, 0.717) is 0 Å². The highest BCUT2D eigenvalue weighted by atomic mass is 32.2. The fourth-order valence-electron chi connectivity index (χ4n) is 1.98. The van der Waals surface area contributed by atoms with Crippen molar-refractivity contribution < 1.29 is 0 Å². The minimum atomic E-state index is 0.753. The average molecular weight is 183 g/mol. The SMILES string of the molecule is C1=CCC(C2NCCCS2)CC1. The van der Waals surface area contributed by atoms with Gasteiger partial charge in [0.15, 0.2) is 0 Å². The molecule has 2 heteroatoms. The third kappa shape index (κ3) is 2.05. The first kappa shape index (κ1) is 8.64. The molecule has 2 rings (SSSR count). The molecule has 12 heavy (non-hydrogen) atoms. The van der Waals surface area contributed by atoms with E-state index in [9.17, 15) is 0 Å². The van der Waals surface area contributed by atoms with Crippen molar-refractivity contribution in [2.75, 3.05) is 12.3 Å². The van der Waals surface area contributed by atoms with Crippen LogP contribution < -0.4 is 5.32 Å². The first-order valence-electron chi connectivity index (χ1n) is 4.97. The van der Waals surface area contributed by atoms with Crippen molar-refractivity contribution in [1.82, 2.24) is 5.32 Å². The molecule has 1 aliphatic carbocycles. The van der Waals surface area contributed by atoms with Gasteiger partial charge in [-0.3, -0.25) is 0 Å². The Morgan fingerprint density at radius 1 is 1.33 bits per heavy atom.